The number of rotatable bonds is 13. The summed E-state index contributed by atoms with van der Waals surface area (Å²) in [5, 5.41) is 0. The lowest BCUT2D eigenvalue weighted by atomic mass is 9.87. The molecule has 0 saturated carbocycles. The first-order valence-corrected chi connectivity index (χ1v) is 32.5. The zero-order valence-corrected chi connectivity index (χ0v) is 61.5. The number of benzene rings is 1. The highest BCUT2D eigenvalue weighted by Crippen LogP contribution is 2.26. The minimum atomic E-state index is -0.0681. The van der Waals surface area contributed by atoms with E-state index >= 15 is 0 Å². The van der Waals surface area contributed by atoms with Crippen LogP contribution in [-0.4, -0.2) is 213 Å². The lowest BCUT2D eigenvalue weighted by Gasteiger charge is -2.33. The normalized spacial score (nSPS) is 18.0. The first-order chi connectivity index (χ1) is 36.6. The number of quaternary nitrogens is 2. The summed E-state index contributed by atoms with van der Waals surface area (Å²) in [6, 6.07) is 10.6. The standard InChI is InChI=1S/C12H23NO2.C11H24N2.C10H21NO.C10H21N.C10H14.2C9H22N.2CH4.ClH/c1-12(2,3)7-9-13-8-5-6-10(13)11(14)15-4;1-11(2,3)5-6-13-9-7-12(4)8-10-13;1-10(2,3)4-5-11-6-8-12-9-7-11;1-10(2,3)6-9-11-7-4-5-8-11;1-10(2,3)9-7-5-4-6-8-9;2*1-9(2,3)7-8-10(4,5)6;;;/h10H,5-9H2,1-4H3;5-10H2,1-4H3;4-9H2,1-3H3;4-9H2,1-3H3;4-8H,1-3H3;2*7-8H2,1-6H3;2*1H4;1H/q;;;;;2*+1;;;/p-1. The fraction of sp³-hybridized carbons (Fsp3) is 0.904. The van der Waals surface area contributed by atoms with Gasteiger partial charge in [-0.1, -0.05) is 191 Å². The zero-order valence-electron chi connectivity index (χ0n) is 60.8. The van der Waals surface area contributed by atoms with Crippen molar-refractivity contribution in [2.45, 2.75) is 236 Å². The number of morpholine rings is 1. The summed E-state index contributed by atoms with van der Waals surface area (Å²) in [5.41, 5.74) is 4.49. The van der Waals surface area contributed by atoms with Gasteiger partial charge in [0.05, 0.1) is 75.7 Å². The van der Waals surface area contributed by atoms with Gasteiger partial charge in [-0.2, -0.15) is 0 Å². The Kier molecular flexibility index (Phi) is 47.2. The quantitative estimate of drug-likeness (QED) is 0.143. The number of piperazine rings is 1. The minimum Gasteiger partial charge on any atom is -1.00 e. The lowest BCUT2D eigenvalue weighted by molar-refractivity contribution is -0.871. The third kappa shape index (κ3) is 60.9. The topological polar surface area (TPSA) is 51.7 Å². The number of nitrogens with zero attached hydrogens (tertiary/aromatic N) is 7. The molecule has 506 valence electrons. The second kappa shape index (κ2) is 43.4. The van der Waals surface area contributed by atoms with E-state index < -0.39 is 0 Å². The molecule has 0 N–H and O–H groups in total. The van der Waals surface area contributed by atoms with Gasteiger partial charge >= 0.3 is 5.97 Å². The van der Waals surface area contributed by atoms with Crippen LogP contribution in [0.1, 0.15) is 230 Å². The van der Waals surface area contributed by atoms with Crippen LogP contribution in [0.4, 0.5) is 0 Å². The summed E-state index contributed by atoms with van der Waals surface area (Å²) in [6.45, 7) is 68.1. The second-order valence-electron chi connectivity index (χ2n) is 34.9. The van der Waals surface area contributed by atoms with Crippen LogP contribution in [-0.2, 0) is 19.7 Å². The van der Waals surface area contributed by atoms with Crippen LogP contribution in [0, 0.1) is 32.5 Å². The molecule has 1 aromatic carbocycles. The number of ether oxygens (including phenoxy) is 2. The van der Waals surface area contributed by atoms with Crippen molar-refractivity contribution < 1.29 is 35.6 Å². The van der Waals surface area contributed by atoms with Gasteiger partial charge in [-0.15, -0.1) is 0 Å². The van der Waals surface area contributed by atoms with Crippen molar-refractivity contribution in [2.75, 3.05) is 168 Å². The van der Waals surface area contributed by atoms with Crippen LogP contribution in [0.5, 0.6) is 0 Å². The van der Waals surface area contributed by atoms with Crippen LogP contribution in [0.15, 0.2) is 30.3 Å². The van der Waals surface area contributed by atoms with E-state index in [4.69, 9.17) is 9.47 Å². The van der Waals surface area contributed by atoms with E-state index in [1.807, 2.05) is 0 Å². The second-order valence-corrected chi connectivity index (χ2v) is 34.9. The van der Waals surface area contributed by atoms with Crippen molar-refractivity contribution in [3.05, 3.63) is 35.9 Å². The smallest absolute Gasteiger partial charge is 0.323 e. The van der Waals surface area contributed by atoms with Crippen LogP contribution < -0.4 is 12.4 Å². The summed E-state index contributed by atoms with van der Waals surface area (Å²) in [5.74, 6) is -0.0681. The number of carbonyl (C=O) groups is 1. The third-order valence-electron chi connectivity index (χ3n) is 15.1. The average molecular weight is 1210 g/mol. The number of hydrogen-bond acceptors (Lipinski definition) is 8. The van der Waals surface area contributed by atoms with E-state index in [1.165, 1.54) is 130 Å². The summed E-state index contributed by atoms with van der Waals surface area (Å²) in [4.78, 5) is 23.8. The number of esters is 1. The van der Waals surface area contributed by atoms with Gasteiger partial charge in [0.15, 0.2) is 0 Å². The number of hydrogen-bond donors (Lipinski definition) is 0. The van der Waals surface area contributed by atoms with E-state index in [-0.39, 0.29) is 39.3 Å². The Bertz CT molecular complexity index is 1620. The maximum Gasteiger partial charge on any atom is 0.323 e. The molecule has 11 heteroatoms. The molecule has 0 aromatic heterocycles. The Morgan fingerprint density at radius 1 is 0.476 bits per heavy atom. The van der Waals surface area contributed by atoms with Gasteiger partial charge in [-0.3, -0.25) is 14.6 Å². The van der Waals surface area contributed by atoms with E-state index in [9.17, 15) is 4.79 Å². The molecular weight excluding hydrogens is 1060 g/mol. The number of likely N-dealkylation sites (tertiary alicyclic amines) is 2. The fourth-order valence-electron chi connectivity index (χ4n) is 8.64. The SMILES string of the molecule is C.C.CC(C)(C)CCN1CCCC1.CC(C)(C)CCN1CCOCC1.CC(C)(C)CC[N+](C)(C)C.CC(C)(C)CC[N+](C)(C)C.CC(C)(C)c1ccccc1.CN1CCN(CCC(C)(C)C)CC1.COC(=O)C1CCCN1CCC(C)(C)C.[Cl-]. The number of methoxy groups -OCH3 is 1. The number of halogens is 1. The molecule has 84 heavy (non-hydrogen) atoms. The van der Waals surface area contributed by atoms with Gasteiger partial charge < -0.3 is 45.5 Å². The molecule has 4 aliphatic heterocycles. The van der Waals surface area contributed by atoms with Gasteiger partial charge in [0.1, 0.15) is 6.04 Å². The molecule has 0 radical (unpaired) electrons. The van der Waals surface area contributed by atoms with Gasteiger partial charge in [0, 0.05) is 52.1 Å². The minimum absolute atomic E-state index is 0. The molecule has 0 amide bonds. The summed E-state index contributed by atoms with van der Waals surface area (Å²) in [6.07, 6.45) is 12.6. The van der Waals surface area contributed by atoms with Gasteiger partial charge in [-0.25, -0.2) is 0 Å². The fourth-order valence-corrected chi connectivity index (χ4v) is 8.64. The van der Waals surface area contributed by atoms with Crippen molar-refractivity contribution in [2.24, 2.45) is 32.5 Å². The largest absolute Gasteiger partial charge is 1.00 e. The number of likely N-dealkylation sites (N-methyl/N-ethyl adjacent to an activating group) is 1. The Hall–Kier alpha value is -1.34. The highest BCUT2D eigenvalue weighted by Gasteiger charge is 2.32. The van der Waals surface area contributed by atoms with E-state index in [2.05, 4.69) is 250 Å². The molecule has 4 aliphatic rings. The third-order valence-corrected chi connectivity index (χ3v) is 15.1. The Labute approximate surface area is 535 Å². The predicted molar refractivity (Wildman–Crippen MR) is 372 cm³/mol. The highest BCUT2D eigenvalue weighted by atomic mass is 35.5. The molecular formula is C73H155ClN7O3+. The molecule has 4 fully saturated rings. The van der Waals surface area contributed by atoms with Crippen LogP contribution in [0.3, 0.4) is 0 Å². The van der Waals surface area contributed by atoms with Gasteiger partial charge in [0.25, 0.3) is 0 Å². The van der Waals surface area contributed by atoms with Gasteiger partial charge in [0.2, 0.25) is 0 Å². The predicted octanol–water partition coefficient (Wildman–Crippen LogP) is 13.5. The Morgan fingerprint density at radius 2 is 0.810 bits per heavy atom. The summed E-state index contributed by atoms with van der Waals surface area (Å²) < 4.78 is 12.3. The van der Waals surface area contributed by atoms with Crippen molar-refractivity contribution in [1.29, 1.82) is 0 Å². The molecule has 0 spiro atoms. The zero-order chi connectivity index (χ0) is 63.2. The number of carbonyl (C=O) groups excluding carboxylic acids is 1. The molecule has 10 nitrogen and oxygen atoms in total. The van der Waals surface area contributed by atoms with Crippen LogP contribution in [0.2, 0.25) is 0 Å². The molecule has 1 aromatic rings. The lowest BCUT2D eigenvalue weighted by Crippen LogP contribution is -3.00. The summed E-state index contributed by atoms with van der Waals surface area (Å²) in [7, 11) is 17.1. The molecule has 4 saturated heterocycles. The highest BCUT2D eigenvalue weighted by molar-refractivity contribution is 5.75. The van der Waals surface area contributed by atoms with Gasteiger partial charge in [-0.05, 0) is 148 Å². The molecule has 0 aliphatic carbocycles. The average Bonchev–Trinajstić information content (AvgIpc) is 4.04. The molecule has 1 unspecified atom stereocenters. The Morgan fingerprint density at radius 3 is 1.11 bits per heavy atom. The molecule has 1 atom stereocenters. The molecule has 4 heterocycles. The van der Waals surface area contributed by atoms with Crippen LogP contribution in [0.25, 0.3) is 0 Å². The maximum absolute atomic E-state index is 11.5. The van der Waals surface area contributed by atoms with E-state index in [0.29, 0.717) is 37.9 Å². The van der Waals surface area contributed by atoms with E-state index in [1.54, 1.807) is 0 Å². The van der Waals surface area contributed by atoms with Crippen LogP contribution >= 0.6 is 0 Å². The Balaban J connectivity index is -0.000000289. The first-order valence-electron chi connectivity index (χ1n) is 32.5. The maximum atomic E-state index is 11.5. The van der Waals surface area contributed by atoms with Crippen molar-refractivity contribution in [3.63, 3.8) is 0 Å². The van der Waals surface area contributed by atoms with Crippen molar-refractivity contribution >= 4 is 5.97 Å². The molecule has 5 rings (SSSR count). The molecule has 0 bridgehead atoms. The van der Waals surface area contributed by atoms with Crippen molar-refractivity contribution in [1.82, 2.24) is 24.5 Å². The monoisotopic (exact) mass is 1210 g/mol. The first kappa shape index (κ1) is 91.4. The van der Waals surface area contributed by atoms with E-state index in [0.717, 1.165) is 67.6 Å². The summed E-state index contributed by atoms with van der Waals surface area (Å²) >= 11 is 0. The van der Waals surface area contributed by atoms with Crippen molar-refractivity contribution in [3.8, 4) is 0 Å².